The maximum absolute atomic E-state index is 5.96. The van der Waals surface area contributed by atoms with Crippen LogP contribution in [-0.2, 0) is 13.1 Å². The molecule has 2 aromatic rings. The van der Waals surface area contributed by atoms with Crippen molar-refractivity contribution in [3.8, 4) is 11.5 Å². The first-order chi connectivity index (χ1) is 12.4. The molecule has 0 spiro atoms. The predicted molar refractivity (Wildman–Crippen MR) is 99.9 cm³/mol. The van der Waals surface area contributed by atoms with Gasteiger partial charge in [-0.25, -0.2) is 0 Å². The first-order valence-electron chi connectivity index (χ1n) is 9.51. The third-order valence-electron chi connectivity index (χ3n) is 5.35. The summed E-state index contributed by atoms with van der Waals surface area (Å²) in [5.74, 6) is 2.57. The van der Waals surface area contributed by atoms with Crippen molar-refractivity contribution in [2.45, 2.75) is 38.8 Å². The Morgan fingerprint density at radius 1 is 0.840 bits per heavy atom. The van der Waals surface area contributed by atoms with Gasteiger partial charge in [-0.3, -0.25) is 4.90 Å². The number of fused-ring (bicyclic) bond motifs is 1. The van der Waals surface area contributed by atoms with E-state index in [9.17, 15) is 0 Å². The van der Waals surface area contributed by atoms with Crippen molar-refractivity contribution >= 4 is 0 Å². The van der Waals surface area contributed by atoms with Crippen LogP contribution in [0.15, 0.2) is 48.5 Å². The Balaban J connectivity index is 1.22. The zero-order chi connectivity index (χ0) is 16.9. The molecule has 0 amide bonds. The minimum atomic E-state index is 0.708. The number of hydrogen-bond donors (Lipinski definition) is 0. The Labute approximate surface area is 150 Å². The molecule has 1 fully saturated rings. The van der Waals surface area contributed by atoms with Gasteiger partial charge in [-0.2, -0.15) is 0 Å². The fourth-order valence-electron chi connectivity index (χ4n) is 3.90. The van der Waals surface area contributed by atoms with Gasteiger partial charge < -0.3 is 9.47 Å². The predicted octanol–water partition coefficient (Wildman–Crippen LogP) is 4.65. The summed E-state index contributed by atoms with van der Waals surface area (Å²) < 4.78 is 11.9. The van der Waals surface area contributed by atoms with E-state index >= 15 is 0 Å². The monoisotopic (exact) mass is 337 g/mol. The normalized spacial score (nSPS) is 17.6. The van der Waals surface area contributed by atoms with E-state index in [1.807, 2.05) is 24.3 Å². The SMILES string of the molecule is c1cc(OCCN2Cc3ccccc3C2)cc(OCC2CCCC2)c1. The van der Waals surface area contributed by atoms with Crippen molar-refractivity contribution in [3.05, 3.63) is 59.7 Å². The van der Waals surface area contributed by atoms with Gasteiger partial charge in [0.05, 0.1) is 6.61 Å². The summed E-state index contributed by atoms with van der Waals surface area (Å²) in [5, 5.41) is 0. The number of hydrogen-bond acceptors (Lipinski definition) is 3. The van der Waals surface area contributed by atoms with E-state index in [4.69, 9.17) is 9.47 Å². The molecule has 25 heavy (non-hydrogen) atoms. The maximum Gasteiger partial charge on any atom is 0.123 e. The third-order valence-corrected chi connectivity index (χ3v) is 5.35. The molecule has 132 valence electrons. The second-order valence-corrected chi connectivity index (χ2v) is 7.26. The minimum Gasteiger partial charge on any atom is -0.493 e. The number of benzene rings is 2. The molecule has 1 aliphatic carbocycles. The fraction of sp³-hybridized carbons (Fsp3) is 0.455. The van der Waals surface area contributed by atoms with Gasteiger partial charge in [-0.15, -0.1) is 0 Å². The van der Waals surface area contributed by atoms with Crippen LogP contribution in [0.5, 0.6) is 11.5 Å². The quantitative estimate of drug-likeness (QED) is 0.734. The van der Waals surface area contributed by atoms with Crippen molar-refractivity contribution in [2.75, 3.05) is 19.8 Å². The molecular weight excluding hydrogens is 310 g/mol. The molecule has 1 aliphatic heterocycles. The Bertz CT molecular complexity index is 669. The van der Waals surface area contributed by atoms with Crippen molar-refractivity contribution in [1.29, 1.82) is 0 Å². The minimum absolute atomic E-state index is 0.708. The topological polar surface area (TPSA) is 21.7 Å². The molecule has 2 aliphatic rings. The second kappa shape index (κ2) is 7.92. The molecule has 0 radical (unpaired) electrons. The number of rotatable bonds is 7. The summed E-state index contributed by atoms with van der Waals surface area (Å²) in [6, 6.07) is 16.8. The summed E-state index contributed by atoms with van der Waals surface area (Å²) in [5.41, 5.74) is 2.90. The number of nitrogens with zero attached hydrogens (tertiary/aromatic N) is 1. The largest absolute Gasteiger partial charge is 0.493 e. The highest BCUT2D eigenvalue weighted by Gasteiger charge is 2.18. The zero-order valence-electron chi connectivity index (χ0n) is 14.8. The van der Waals surface area contributed by atoms with E-state index in [1.165, 1.54) is 36.8 Å². The van der Waals surface area contributed by atoms with Gasteiger partial charge in [0.2, 0.25) is 0 Å². The molecule has 3 heteroatoms. The van der Waals surface area contributed by atoms with E-state index in [-0.39, 0.29) is 0 Å². The molecule has 4 rings (SSSR count). The highest BCUT2D eigenvalue weighted by atomic mass is 16.5. The molecule has 3 nitrogen and oxygen atoms in total. The van der Waals surface area contributed by atoms with Gasteiger partial charge in [-0.1, -0.05) is 43.2 Å². The summed E-state index contributed by atoms with van der Waals surface area (Å²) in [6.45, 7) is 4.56. The van der Waals surface area contributed by atoms with Gasteiger partial charge in [0.1, 0.15) is 18.1 Å². The Kier molecular flexibility index (Phi) is 5.22. The molecule has 1 saturated carbocycles. The van der Waals surface area contributed by atoms with Gasteiger partial charge in [0.25, 0.3) is 0 Å². The van der Waals surface area contributed by atoms with Crippen LogP contribution in [0, 0.1) is 5.92 Å². The van der Waals surface area contributed by atoms with Crippen LogP contribution in [0.1, 0.15) is 36.8 Å². The molecule has 0 saturated heterocycles. The van der Waals surface area contributed by atoms with E-state index in [2.05, 4.69) is 29.2 Å². The summed E-state index contributed by atoms with van der Waals surface area (Å²) in [4.78, 5) is 2.44. The first-order valence-corrected chi connectivity index (χ1v) is 9.51. The lowest BCUT2D eigenvalue weighted by molar-refractivity contribution is 0.209. The van der Waals surface area contributed by atoms with Crippen LogP contribution in [0.2, 0.25) is 0 Å². The zero-order valence-corrected chi connectivity index (χ0v) is 14.8. The van der Waals surface area contributed by atoms with Crippen LogP contribution in [0.3, 0.4) is 0 Å². The lowest BCUT2D eigenvalue weighted by atomic mass is 10.1. The summed E-state index contributed by atoms with van der Waals surface area (Å²) in [7, 11) is 0. The Morgan fingerprint density at radius 2 is 1.52 bits per heavy atom. The Morgan fingerprint density at radius 3 is 2.24 bits per heavy atom. The number of ether oxygens (including phenoxy) is 2. The van der Waals surface area contributed by atoms with E-state index in [0.717, 1.165) is 43.7 Å². The van der Waals surface area contributed by atoms with Crippen molar-refractivity contribution < 1.29 is 9.47 Å². The fourth-order valence-corrected chi connectivity index (χ4v) is 3.90. The third kappa shape index (κ3) is 4.35. The van der Waals surface area contributed by atoms with Crippen LogP contribution in [0.4, 0.5) is 0 Å². The molecule has 0 N–H and O–H groups in total. The van der Waals surface area contributed by atoms with Crippen molar-refractivity contribution in [2.24, 2.45) is 5.92 Å². The van der Waals surface area contributed by atoms with Crippen molar-refractivity contribution in [3.63, 3.8) is 0 Å². The lowest BCUT2D eigenvalue weighted by Gasteiger charge is -2.16. The lowest BCUT2D eigenvalue weighted by Crippen LogP contribution is -2.22. The van der Waals surface area contributed by atoms with Gasteiger partial charge >= 0.3 is 0 Å². The molecule has 0 aromatic heterocycles. The average Bonchev–Trinajstić information content (AvgIpc) is 3.29. The maximum atomic E-state index is 5.96. The van der Waals surface area contributed by atoms with Gasteiger partial charge in [0, 0.05) is 25.7 Å². The van der Waals surface area contributed by atoms with Crippen LogP contribution >= 0.6 is 0 Å². The molecular formula is C22H27NO2. The Hall–Kier alpha value is -2.00. The second-order valence-electron chi connectivity index (χ2n) is 7.26. The summed E-state index contributed by atoms with van der Waals surface area (Å²) >= 11 is 0. The van der Waals surface area contributed by atoms with Crippen LogP contribution in [-0.4, -0.2) is 24.7 Å². The van der Waals surface area contributed by atoms with Crippen LogP contribution in [0.25, 0.3) is 0 Å². The molecule has 0 atom stereocenters. The molecule has 0 bridgehead atoms. The average molecular weight is 337 g/mol. The van der Waals surface area contributed by atoms with E-state index in [1.54, 1.807) is 0 Å². The standard InChI is InChI=1S/C22H27NO2/c1-2-7-18(6-1)17-25-22-11-5-10-21(14-22)24-13-12-23-15-19-8-3-4-9-20(19)16-23/h3-5,8-11,14,18H,1-2,6-7,12-13,15-17H2. The summed E-state index contributed by atoms with van der Waals surface area (Å²) in [6.07, 6.45) is 5.35. The molecule has 0 unspecified atom stereocenters. The van der Waals surface area contributed by atoms with Gasteiger partial charge in [0.15, 0.2) is 0 Å². The van der Waals surface area contributed by atoms with E-state index < -0.39 is 0 Å². The van der Waals surface area contributed by atoms with Gasteiger partial charge in [-0.05, 0) is 42.0 Å². The highest BCUT2D eigenvalue weighted by molar-refractivity contribution is 5.33. The van der Waals surface area contributed by atoms with E-state index in [0.29, 0.717) is 6.61 Å². The highest BCUT2D eigenvalue weighted by Crippen LogP contribution is 2.27. The molecule has 2 aromatic carbocycles. The first kappa shape index (κ1) is 16.5. The van der Waals surface area contributed by atoms with Crippen LogP contribution < -0.4 is 9.47 Å². The van der Waals surface area contributed by atoms with Crippen molar-refractivity contribution in [1.82, 2.24) is 4.90 Å². The smallest absolute Gasteiger partial charge is 0.123 e. The molecule has 1 heterocycles.